The lowest BCUT2D eigenvalue weighted by Crippen LogP contribution is -2.13. The molecule has 0 aliphatic carbocycles. The first-order valence-corrected chi connectivity index (χ1v) is 7.03. The maximum atomic E-state index is 13.5. The normalized spacial score (nSPS) is 11.4. The van der Waals surface area contributed by atoms with Crippen LogP contribution in [0, 0.1) is 5.82 Å². The molecule has 0 aliphatic heterocycles. The zero-order valence-corrected chi connectivity index (χ0v) is 12.5. The average Bonchev–Trinajstić information content (AvgIpc) is 3.06. The summed E-state index contributed by atoms with van der Waals surface area (Å²) in [5, 5.41) is 2.34. The van der Waals surface area contributed by atoms with Gasteiger partial charge in [0.2, 0.25) is 5.89 Å². The van der Waals surface area contributed by atoms with Gasteiger partial charge in [0.05, 0.1) is 11.3 Å². The molecule has 0 saturated carbocycles. The summed E-state index contributed by atoms with van der Waals surface area (Å²) >= 11 is 0. The van der Waals surface area contributed by atoms with E-state index < -0.39 is 23.5 Å². The first-order valence-electron chi connectivity index (χ1n) is 7.03. The number of benzene rings is 2. The van der Waals surface area contributed by atoms with Crippen molar-refractivity contribution in [1.29, 1.82) is 0 Å². The van der Waals surface area contributed by atoms with E-state index in [1.54, 1.807) is 6.07 Å². The lowest BCUT2D eigenvalue weighted by atomic mass is 10.1. The molecule has 3 aromatic rings. The number of nitrogens with one attached hydrogen (secondary N) is 1. The van der Waals surface area contributed by atoms with Gasteiger partial charge in [0, 0.05) is 5.56 Å². The maximum Gasteiger partial charge on any atom is 0.416 e. The van der Waals surface area contributed by atoms with Crippen LogP contribution in [-0.4, -0.2) is 10.9 Å². The molecule has 25 heavy (non-hydrogen) atoms. The second-order valence-corrected chi connectivity index (χ2v) is 5.05. The molecular formula is C17H10F4N2O2. The molecule has 0 saturated heterocycles. The SMILES string of the molecule is O=C(Nc1ccccc1F)c1coc(-c2ccc(C(F)(F)F)cc2)n1. The molecule has 0 aliphatic rings. The summed E-state index contributed by atoms with van der Waals surface area (Å²) in [4.78, 5) is 16.0. The molecule has 0 unspecified atom stereocenters. The summed E-state index contributed by atoms with van der Waals surface area (Å²) < 4.78 is 56.3. The van der Waals surface area contributed by atoms with E-state index in [-0.39, 0.29) is 22.8 Å². The summed E-state index contributed by atoms with van der Waals surface area (Å²) in [5.74, 6) is -1.33. The van der Waals surface area contributed by atoms with Gasteiger partial charge in [-0.1, -0.05) is 12.1 Å². The standard InChI is InChI=1S/C17H10F4N2O2/c18-12-3-1-2-4-13(12)22-15(24)14-9-25-16(23-14)10-5-7-11(8-6-10)17(19,20)21/h1-9H,(H,22,24). The number of halogens is 4. The van der Waals surface area contributed by atoms with Gasteiger partial charge in [-0.3, -0.25) is 4.79 Å². The molecule has 0 atom stereocenters. The molecule has 1 heterocycles. The van der Waals surface area contributed by atoms with E-state index in [0.717, 1.165) is 18.4 Å². The van der Waals surface area contributed by atoms with Gasteiger partial charge >= 0.3 is 6.18 Å². The molecule has 1 amide bonds. The van der Waals surface area contributed by atoms with Crippen LogP contribution < -0.4 is 5.32 Å². The molecule has 128 valence electrons. The molecule has 3 rings (SSSR count). The van der Waals surface area contributed by atoms with Crippen molar-refractivity contribution >= 4 is 11.6 Å². The van der Waals surface area contributed by atoms with Crippen molar-refractivity contribution < 1.29 is 26.8 Å². The summed E-state index contributed by atoms with van der Waals surface area (Å²) in [6.07, 6.45) is -3.40. The van der Waals surface area contributed by atoms with Crippen molar-refractivity contribution in [3.8, 4) is 11.5 Å². The summed E-state index contributed by atoms with van der Waals surface area (Å²) in [6.45, 7) is 0. The number of nitrogens with zero attached hydrogens (tertiary/aromatic N) is 1. The number of hydrogen-bond donors (Lipinski definition) is 1. The third-order valence-electron chi connectivity index (χ3n) is 3.32. The van der Waals surface area contributed by atoms with Crippen LogP contribution in [0.15, 0.2) is 59.2 Å². The van der Waals surface area contributed by atoms with Crippen LogP contribution in [-0.2, 0) is 6.18 Å². The highest BCUT2D eigenvalue weighted by Crippen LogP contribution is 2.30. The Kier molecular flexibility index (Phi) is 4.26. The number of carbonyl (C=O) groups excluding carboxylic acids is 1. The predicted octanol–water partition coefficient (Wildman–Crippen LogP) is 4.75. The number of para-hydroxylation sites is 1. The topological polar surface area (TPSA) is 55.1 Å². The summed E-state index contributed by atoms with van der Waals surface area (Å²) in [5.41, 5.74) is -0.678. The molecule has 0 bridgehead atoms. The summed E-state index contributed by atoms with van der Waals surface area (Å²) in [6, 6.07) is 9.74. The predicted molar refractivity (Wildman–Crippen MR) is 81.3 cm³/mol. The highest BCUT2D eigenvalue weighted by Gasteiger charge is 2.30. The third kappa shape index (κ3) is 3.68. The Morgan fingerprint density at radius 2 is 1.72 bits per heavy atom. The summed E-state index contributed by atoms with van der Waals surface area (Å²) in [7, 11) is 0. The zero-order valence-electron chi connectivity index (χ0n) is 12.5. The van der Waals surface area contributed by atoms with Crippen LogP contribution in [0.25, 0.3) is 11.5 Å². The van der Waals surface area contributed by atoms with E-state index in [9.17, 15) is 22.4 Å². The number of aromatic nitrogens is 1. The first kappa shape index (κ1) is 16.7. The Labute approximate surface area is 139 Å². The Morgan fingerprint density at radius 3 is 2.36 bits per heavy atom. The van der Waals surface area contributed by atoms with Gasteiger partial charge < -0.3 is 9.73 Å². The fourth-order valence-corrected chi connectivity index (χ4v) is 2.06. The van der Waals surface area contributed by atoms with Crippen molar-refractivity contribution in [3.63, 3.8) is 0 Å². The van der Waals surface area contributed by atoms with Crippen molar-refractivity contribution in [2.24, 2.45) is 0 Å². The highest BCUT2D eigenvalue weighted by atomic mass is 19.4. The van der Waals surface area contributed by atoms with E-state index in [1.807, 2.05) is 0 Å². The van der Waals surface area contributed by atoms with Crippen molar-refractivity contribution in [2.45, 2.75) is 6.18 Å². The van der Waals surface area contributed by atoms with E-state index in [0.29, 0.717) is 0 Å². The van der Waals surface area contributed by atoms with Crippen LogP contribution >= 0.6 is 0 Å². The van der Waals surface area contributed by atoms with Crippen LogP contribution in [0.1, 0.15) is 16.1 Å². The van der Waals surface area contributed by atoms with Crippen molar-refractivity contribution in [1.82, 2.24) is 4.98 Å². The molecule has 0 fully saturated rings. The van der Waals surface area contributed by atoms with Gasteiger partial charge in [-0.25, -0.2) is 9.37 Å². The van der Waals surface area contributed by atoms with Crippen LogP contribution in [0.2, 0.25) is 0 Å². The molecule has 0 spiro atoms. The van der Waals surface area contributed by atoms with Gasteiger partial charge in [0.15, 0.2) is 5.69 Å². The lowest BCUT2D eigenvalue weighted by molar-refractivity contribution is -0.137. The van der Waals surface area contributed by atoms with Crippen LogP contribution in [0.5, 0.6) is 0 Å². The smallest absolute Gasteiger partial charge is 0.416 e. The zero-order chi connectivity index (χ0) is 18.0. The molecule has 4 nitrogen and oxygen atoms in total. The minimum absolute atomic E-state index is 0.0209. The van der Waals surface area contributed by atoms with E-state index >= 15 is 0 Å². The average molecular weight is 350 g/mol. The molecular weight excluding hydrogens is 340 g/mol. The molecule has 8 heteroatoms. The maximum absolute atomic E-state index is 13.5. The van der Waals surface area contributed by atoms with Crippen molar-refractivity contribution in [3.05, 3.63) is 71.9 Å². The number of anilines is 1. The molecule has 2 aromatic carbocycles. The van der Waals surface area contributed by atoms with Crippen LogP contribution in [0.4, 0.5) is 23.2 Å². The minimum Gasteiger partial charge on any atom is -0.444 e. The molecule has 1 aromatic heterocycles. The van der Waals surface area contributed by atoms with Crippen LogP contribution in [0.3, 0.4) is 0 Å². The largest absolute Gasteiger partial charge is 0.444 e. The Bertz CT molecular complexity index is 902. The number of carbonyl (C=O) groups is 1. The minimum atomic E-state index is -4.44. The van der Waals surface area contributed by atoms with Crippen molar-refractivity contribution in [2.75, 3.05) is 5.32 Å². The second kappa shape index (κ2) is 6.39. The second-order valence-electron chi connectivity index (χ2n) is 5.05. The molecule has 0 radical (unpaired) electrons. The van der Waals surface area contributed by atoms with Gasteiger partial charge in [-0.05, 0) is 36.4 Å². The number of rotatable bonds is 3. The number of amides is 1. The lowest BCUT2D eigenvalue weighted by Gasteiger charge is -2.06. The number of hydrogen-bond acceptors (Lipinski definition) is 3. The van der Waals surface area contributed by atoms with Gasteiger partial charge in [0.25, 0.3) is 5.91 Å². The first-order chi connectivity index (χ1) is 11.8. The van der Waals surface area contributed by atoms with E-state index in [1.165, 1.54) is 30.3 Å². The van der Waals surface area contributed by atoms with Gasteiger partial charge in [-0.15, -0.1) is 0 Å². The fraction of sp³-hybridized carbons (Fsp3) is 0.0588. The van der Waals surface area contributed by atoms with Gasteiger partial charge in [-0.2, -0.15) is 13.2 Å². The highest BCUT2D eigenvalue weighted by molar-refractivity contribution is 6.02. The molecule has 1 N–H and O–H groups in total. The fourth-order valence-electron chi connectivity index (χ4n) is 2.06. The Hall–Kier alpha value is -3.16. The van der Waals surface area contributed by atoms with E-state index in [2.05, 4.69) is 10.3 Å². The Balaban J connectivity index is 1.78. The quantitative estimate of drug-likeness (QED) is 0.694. The Morgan fingerprint density at radius 1 is 1.04 bits per heavy atom. The number of oxazole rings is 1. The van der Waals surface area contributed by atoms with Gasteiger partial charge in [0.1, 0.15) is 12.1 Å². The monoisotopic (exact) mass is 350 g/mol. The third-order valence-corrected chi connectivity index (χ3v) is 3.32. The number of alkyl halides is 3. The van der Waals surface area contributed by atoms with E-state index in [4.69, 9.17) is 4.42 Å².